The number of nitrogens with zero attached hydrogens (tertiary/aromatic N) is 1. The van der Waals surface area contributed by atoms with Crippen LogP contribution >= 0.6 is 11.3 Å². The lowest BCUT2D eigenvalue weighted by Gasteiger charge is -2.46. The molecule has 0 spiro atoms. The maximum absolute atomic E-state index is 12.6. The van der Waals surface area contributed by atoms with Gasteiger partial charge in [0.1, 0.15) is 0 Å². The molecule has 1 atom stereocenters. The van der Waals surface area contributed by atoms with Crippen LogP contribution in [0.5, 0.6) is 0 Å². The summed E-state index contributed by atoms with van der Waals surface area (Å²) < 4.78 is 29.6. The molecule has 1 aliphatic carbocycles. The smallest absolute Gasteiger partial charge is 0.280 e. The monoisotopic (exact) mass is 330 g/mol. The molecular formula is C14H22N2O3S2. The van der Waals surface area contributed by atoms with Gasteiger partial charge in [0.15, 0.2) is 0 Å². The second-order valence-corrected chi connectivity index (χ2v) is 8.73. The van der Waals surface area contributed by atoms with Gasteiger partial charge in [-0.15, -0.1) is 11.3 Å². The molecule has 118 valence electrons. The summed E-state index contributed by atoms with van der Waals surface area (Å²) in [5, 5.41) is 11.8. The van der Waals surface area contributed by atoms with E-state index in [1.165, 1.54) is 4.31 Å². The van der Waals surface area contributed by atoms with Crippen molar-refractivity contribution in [2.45, 2.75) is 38.1 Å². The van der Waals surface area contributed by atoms with Crippen LogP contribution in [0.1, 0.15) is 43.0 Å². The van der Waals surface area contributed by atoms with Gasteiger partial charge in [-0.05, 0) is 37.1 Å². The van der Waals surface area contributed by atoms with Crippen molar-refractivity contribution in [3.63, 3.8) is 0 Å². The Morgan fingerprint density at radius 3 is 2.52 bits per heavy atom. The van der Waals surface area contributed by atoms with Gasteiger partial charge < -0.3 is 5.11 Å². The van der Waals surface area contributed by atoms with Crippen LogP contribution in [-0.2, 0) is 10.2 Å². The zero-order valence-electron chi connectivity index (χ0n) is 12.0. The molecule has 0 unspecified atom stereocenters. The molecule has 1 aromatic rings. The van der Waals surface area contributed by atoms with Crippen molar-refractivity contribution in [3.05, 3.63) is 22.4 Å². The average Bonchev–Trinajstić information content (AvgIpc) is 3.10. The normalized spacial score (nSPS) is 23.9. The van der Waals surface area contributed by atoms with E-state index >= 15 is 0 Å². The lowest BCUT2D eigenvalue weighted by atomic mass is 9.64. The van der Waals surface area contributed by atoms with Crippen molar-refractivity contribution in [2.75, 3.05) is 19.7 Å². The van der Waals surface area contributed by atoms with Crippen LogP contribution in [0.3, 0.4) is 0 Å². The average molecular weight is 330 g/mol. The first kappa shape index (κ1) is 15.4. The van der Waals surface area contributed by atoms with Crippen molar-refractivity contribution in [1.29, 1.82) is 0 Å². The van der Waals surface area contributed by atoms with Crippen molar-refractivity contribution in [1.82, 2.24) is 9.03 Å². The number of hydrogen-bond acceptors (Lipinski definition) is 4. The first-order valence-corrected chi connectivity index (χ1v) is 9.81. The number of hydrogen-bond donors (Lipinski definition) is 2. The third-order valence-electron chi connectivity index (χ3n) is 4.78. The maximum Gasteiger partial charge on any atom is 0.280 e. The summed E-state index contributed by atoms with van der Waals surface area (Å²) in [5.74, 6) is 0. The number of aliphatic hydroxyl groups is 1. The lowest BCUT2D eigenvalue weighted by molar-refractivity contribution is 0.0135. The highest BCUT2D eigenvalue weighted by Gasteiger charge is 2.47. The summed E-state index contributed by atoms with van der Waals surface area (Å²) in [6.07, 6.45) is 4.64. The molecular weight excluding hydrogens is 308 g/mol. The van der Waals surface area contributed by atoms with E-state index in [-0.39, 0.29) is 18.1 Å². The highest BCUT2D eigenvalue weighted by molar-refractivity contribution is 7.87. The van der Waals surface area contributed by atoms with E-state index in [2.05, 4.69) is 4.72 Å². The van der Waals surface area contributed by atoms with E-state index in [0.29, 0.717) is 13.1 Å². The molecule has 0 radical (unpaired) electrons. The van der Waals surface area contributed by atoms with Gasteiger partial charge in [0.05, 0.1) is 12.6 Å². The van der Waals surface area contributed by atoms with Gasteiger partial charge >= 0.3 is 0 Å². The van der Waals surface area contributed by atoms with E-state index in [1.54, 1.807) is 11.3 Å². The first-order valence-electron chi connectivity index (χ1n) is 7.49. The van der Waals surface area contributed by atoms with Gasteiger partial charge in [-0.3, -0.25) is 0 Å². The lowest BCUT2D eigenvalue weighted by Crippen LogP contribution is -2.50. The van der Waals surface area contributed by atoms with Crippen LogP contribution in [0.25, 0.3) is 0 Å². The summed E-state index contributed by atoms with van der Waals surface area (Å²) in [6, 6.07) is 3.57. The Kier molecular flexibility index (Phi) is 4.38. The van der Waals surface area contributed by atoms with Crippen molar-refractivity contribution in [2.24, 2.45) is 5.41 Å². The van der Waals surface area contributed by atoms with Crippen molar-refractivity contribution in [3.8, 4) is 0 Å². The maximum atomic E-state index is 12.6. The van der Waals surface area contributed by atoms with Crippen LogP contribution in [0.15, 0.2) is 17.5 Å². The summed E-state index contributed by atoms with van der Waals surface area (Å²) >= 11 is 1.55. The first-order chi connectivity index (χ1) is 10.1. The number of thiophene rings is 1. The Morgan fingerprint density at radius 1 is 1.33 bits per heavy atom. The highest BCUT2D eigenvalue weighted by Crippen LogP contribution is 2.51. The number of aliphatic hydroxyl groups excluding tert-OH is 1. The Hall–Kier alpha value is -0.470. The van der Waals surface area contributed by atoms with Crippen LogP contribution in [0.4, 0.5) is 0 Å². The summed E-state index contributed by atoms with van der Waals surface area (Å²) in [5.41, 5.74) is -0.336. The third-order valence-corrected chi connectivity index (χ3v) is 7.29. The molecule has 0 amide bonds. The largest absolute Gasteiger partial charge is 0.396 e. The molecule has 1 aliphatic heterocycles. The Labute approximate surface area is 130 Å². The quantitative estimate of drug-likeness (QED) is 0.837. The van der Waals surface area contributed by atoms with Crippen LogP contribution in [0, 0.1) is 5.41 Å². The fourth-order valence-corrected chi connectivity index (χ4v) is 5.82. The van der Waals surface area contributed by atoms with Gasteiger partial charge in [-0.2, -0.15) is 17.4 Å². The molecule has 1 saturated heterocycles. The zero-order valence-corrected chi connectivity index (χ0v) is 13.6. The summed E-state index contributed by atoms with van der Waals surface area (Å²) in [7, 11) is -3.48. The van der Waals surface area contributed by atoms with Crippen LogP contribution in [-0.4, -0.2) is 37.5 Å². The topological polar surface area (TPSA) is 69.6 Å². The molecule has 7 heteroatoms. The highest BCUT2D eigenvalue weighted by atomic mass is 32.2. The zero-order chi connectivity index (χ0) is 14.9. The van der Waals surface area contributed by atoms with Crippen LogP contribution in [0.2, 0.25) is 0 Å². The predicted octanol–water partition coefficient (Wildman–Crippen LogP) is 1.88. The Bertz CT molecular complexity index is 556. The van der Waals surface area contributed by atoms with Gasteiger partial charge in [0, 0.05) is 23.4 Å². The molecule has 1 aromatic heterocycles. The minimum absolute atomic E-state index is 0.0259. The summed E-state index contributed by atoms with van der Waals surface area (Å²) in [6.45, 7) is 1.22. The SMILES string of the molecule is O=S(=O)(N[C@H](c1cccs1)C1(CO)CCC1)N1CCCC1. The molecule has 3 rings (SSSR count). The summed E-state index contributed by atoms with van der Waals surface area (Å²) in [4.78, 5) is 0.992. The van der Waals surface area contributed by atoms with E-state index in [0.717, 1.165) is 37.0 Å². The third kappa shape index (κ3) is 2.90. The van der Waals surface area contributed by atoms with Gasteiger partial charge in [-0.25, -0.2) is 0 Å². The molecule has 2 N–H and O–H groups in total. The van der Waals surface area contributed by atoms with Crippen molar-refractivity contribution >= 4 is 21.5 Å². The van der Waals surface area contributed by atoms with Gasteiger partial charge in [-0.1, -0.05) is 12.5 Å². The second-order valence-electron chi connectivity index (χ2n) is 6.05. The fraction of sp³-hybridized carbons (Fsp3) is 0.714. The standard InChI is InChI=1S/C14H22N2O3S2/c17-11-14(6-4-7-14)13(12-5-3-10-20-12)15-21(18,19)16-8-1-2-9-16/h3,5,10,13,15,17H,1-2,4,6-9,11H2/t13-/m1/s1. The minimum Gasteiger partial charge on any atom is -0.396 e. The molecule has 2 fully saturated rings. The van der Waals surface area contributed by atoms with Crippen LogP contribution < -0.4 is 4.72 Å². The Morgan fingerprint density at radius 2 is 2.05 bits per heavy atom. The molecule has 21 heavy (non-hydrogen) atoms. The predicted molar refractivity (Wildman–Crippen MR) is 83.3 cm³/mol. The molecule has 2 aliphatic rings. The molecule has 2 heterocycles. The Balaban J connectivity index is 1.86. The van der Waals surface area contributed by atoms with E-state index in [1.807, 2.05) is 17.5 Å². The second kappa shape index (κ2) is 5.96. The van der Waals surface area contributed by atoms with Crippen molar-refractivity contribution < 1.29 is 13.5 Å². The van der Waals surface area contributed by atoms with Gasteiger partial charge in [0.25, 0.3) is 10.2 Å². The van der Waals surface area contributed by atoms with Gasteiger partial charge in [0.2, 0.25) is 0 Å². The molecule has 5 nitrogen and oxygen atoms in total. The minimum atomic E-state index is -3.48. The van der Waals surface area contributed by atoms with E-state index < -0.39 is 10.2 Å². The van der Waals surface area contributed by atoms with E-state index in [4.69, 9.17) is 0 Å². The number of rotatable bonds is 6. The molecule has 0 bridgehead atoms. The molecule has 1 saturated carbocycles. The molecule has 0 aromatic carbocycles. The number of nitrogens with one attached hydrogen (secondary N) is 1. The fourth-order valence-electron chi connectivity index (χ4n) is 3.26. The van der Waals surface area contributed by atoms with E-state index in [9.17, 15) is 13.5 Å².